The summed E-state index contributed by atoms with van der Waals surface area (Å²) in [6.07, 6.45) is 4.45. The van der Waals surface area contributed by atoms with Crippen LogP contribution in [0.1, 0.15) is 31.0 Å². The number of unbranched alkanes of at least 4 members (excludes halogenated alkanes) is 1. The molecule has 2 aromatic heterocycles. The predicted octanol–water partition coefficient (Wildman–Crippen LogP) is 7.09. The van der Waals surface area contributed by atoms with Crippen molar-refractivity contribution in [1.29, 1.82) is 0 Å². The summed E-state index contributed by atoms with van der Waals surface area (Å²) in [6.45, 7) is 4.10. The number of urea groups is 1. The lowest BCUT2D eigenvalue weighted by atomic mass is 10.1. The highest BCUT2D eigenvalue weighted by molar-refractivity contribution is 6.07. The van der Waals surface area contributed by atoms with Crippen LogP contribution in [0.25, 0.3) is 16.5 Å². The second-order valence-corrected chi connectivity index (χ2v) is 10.1. The van der Waals surface area contributed by atoms with E-state index < -0.39 is 0 Å². The van der Waals surface area contributed by atoms with Gasteiger partial charge in [0.15, 0.2) is 0 Å². The summed E-state index contributed by atoms with van der Waals surface area (Å²) in [4.78, 5) is 29.3. The van der Waals surface area contributed by atoms with Gasteiger partial charge in [-0.3, -0.25) is 10.1 Å². The van der Waals surface area contributed by atoms with E-state index in [0.29, 0.717) is 28.8 Å². The van der Waals surface area contributed by atoms with Gasteiger partial charge in [0.05, 0.1) is 17.1 Å². The fourth-order valence-corrected chi connectivity index (χ4v) is 4.60. The topological polar surface area (TPSA) is 119 Å². The predicted molar refractivity (Wildman–Crippen MR) is 168 cm³/mol. The Morgan fingerprint density at radius 2 is 1.70 bits per heavy atom. The van der Waals surface area contributed by atoms with Gasteiger partial charge in [-0.15, -0.1) is 0 Å². The number of methoxy groups -OCH3 is 1. The van der Waals surface area contributed by atoms with Gasteiger partial charge in [0.25, 0.3) is 5.91 Å². The molecule has 5 rings (SSSR count). The monoisotopic (exact) mass is 578 g/mol. The highest BCUT2D eigenvalue weighted by atomic mass is 16.5. The first-order valence-electron chi connectivity index (χ1n) is 14.1. The number of ether oxygens (including phenoxy) is 2. The number of fused-ring (bicyclic) bond motifs is 1. The van der Waals surface area contributed by atoms with E-state index in [9.17, 15) is 9.59 Å². The number of anilines is 3. The van der Waals surface area contributed by atoms with E-state index in [-0.39, 0.29) is 18.5 Å². The molecule has 2 heterocycles. The van der Waals surface area contributed by atoms with Crippen LogP contribution in [0.3, 0.4) is 0 Å². The minimum atomic E-state index is -0.389. The molecule has 0 fully saturated rings. The molecular formula is C33H34N6O4. The molecule has 0 aliphatic rings. The number of carbonyl (C=O) groups excluding carboxylic acids is 2. The average Bonchev–Trinajstić information content (AvgIpc) is 3.40. The van der Waals surface area contributed by atoms with Crippen LogP contribution >= 0.6 is 0 Å². The van der Waals surface area contributed by atoms with Crippen LogP contribution in [-0.2, 0) is 16.0 Å². The summed E-state index contributed by atoms with van der Waals surface area (Å²) < 4.78 is 12.8. The van der Waals surface area contributed by atoms with E-state index in [1.54, 1.807) is 35.1 Å². The molecule has 0 unspecified atom stereocenters. The minimum Gasteiger partial charge on any atom is -0.457 e. The van der Waals surface area contributed by atoms with Crippen LogP contribution in [-0.4, -0.2) is 40.4 Å². The first-order chi connectivity index (χ1) is 20.9. The van der Waals surface area contributed by atoms with E-state index in [4.69, 9.17) is 14.6 Å². The van der Waals surface area contributed by atoms with Crippen molar-refractivity contribution >= 4 is 40.0 Å². The molecule has 0 saturated carbocycles. The van der Waals surface area contributed by atoms with E-state index >= 15 is 0 Å². The van der Waals surface area contributed by atoms with Gasteiger partial charge >= 0.3 is 6.03 Å². The Bertz CT molecular complexity index is 1730. The van der Waals surface area contributed by atoms with Crippen LogP contribution in [0.4, 0.5) is 22.1 Å². The standard InChI is InChI=1S/C33H34N6O4/c1-4-5-8-23-19-31(39(38-23)24-13-11-22(2)12-14-24)37-33(41)35-28-15-16-29(27-10-7-6-9-26(27)28)43-25-17-18-34-30(20-25)36-32(40)21-42-3/h6-7,9-20H,4-5,8,21H2,1-3H3,(H,34,36,40)(H2,35,37,41). The molecule has 0 bridgehead atoms. The number of nitrogens with one attached hydrogen (secondary N) is 3. The quantitative estimate of drug-likeness (QED) is 0.154. The average molecular weight is 579 g/mol. The number of hydrogen-bond acceptors (Lipinski definition) is 6. The zero-order valence-corrected chi connectivity index (χ0v) is 24.4. The molecule has 0 aliphatic carbocycles. The zero-order chi connectivity index (χ0) is 30.2. The van der Waals surface area contributed by atoms with Gasteiger partial charge in [0.1, 0.15) is 29.7 Å². The number of carbonyl (C=O) groups is 2. The number of benzene rings is 3. The molecule has 220 valence electrons. The van der Waals surface area contributed by atoms with E-state index in [1.165, 1.54) is 7.11 Å². The molecule has 0 saturated heterocycles. The fraction of sp³-hybridized carbons (Fsp3) is 0.212. The number of pyridine rings is 1. The molecular weight excluding hydrogens is 544 g/mol. The summed E-state index contributed by atoms with van der Waals surface area (Å²) in [7, 11) is 1.45. The number of hydrogen-bond donors (Lipinski definition) is 3. The summed E-state index contributed by atoms with van der Waals surface area (Å²) in [5.74, 6) is 1.70. The Labute approximate surface area is 250 Å². The van der Waals surface area contributed by atoms with Gasteiger partial charge in [-0.25, -0.2) is 14.5 Å². The van der Waals surface area contributed by atoms with Gasteiger partial charge in [0, 0.05) is 36.2 Å². The Morgan fingerprint density at radius 3 is 2.47 bits per heavy atom. The lowest BCUT2D eigenvalue weighted by molar-refractivity contribution is -0.119. The maximum Gasteiger partial charge on any atom is 0.324 e. The van der Waals surface area contributed by atoms with Crippen molar-refractivity contribution in [3.63, 3.8) is 0 Å². The molecule has 10 heteroatoms. The van der Waals surface area contributed by atoms with Crippen molar-refractivity contribution in [3.05, 3.63) is 96.3 Å². The van der Waals surface area contributed by atoms with Crippen LogP contribution < -0.4 is 20.7 Å². The lowest BCUT2D eigenvalue weighted by Gasteiger charge is -2.14. The first kappa shape index (κ1) is 29.3. The molecule has 5 aromatic rings. The van der Waals surface area contributed by atoms with Crippen molar-refractivity contribution in [2.75, 3.05) is 29.7 Å². The molecule has 10 nitrogen and oxygen atoms in total. The Hall–Kier alpha value is -5.22. The maximum absolute atomic E-state index is 13.3. The van der Waals surface area contributed by atoms with Crippen LogP contribution in [0, 0.1) is 6.92 Å². The number of amides is 3. The first-order valence-corrected chi connectivity index (χ1v) is 14.1. The van der Waals surface area contributed by atoms with Crippen molar-refractivity contribution in [2.45, 2.75) is 33.1 Å². The molecule has 0 spiro atoms. The van der Waals surface area contributed by atoms with Gasteiger partial charge < -0.3 is 20.1 Å². The van der Waals surface area contributed by atoms with Crippen LogP contribution in [0.15, 0.2) is 85.1 Å². The third kappa shape index (κ3) is 7.35. The summed E-state index contributed by atoms with van der Waals surface area (Å²) >= 11 is 0. The number of aromatic nitrogens is 3. The van der Waals surface area contributed by atoms with Crippen molar-refractivity contribution in [2.24, 2.45) is 0 Å². The van der Waals surface area contributed by atoms with Crippen molar-refractivity contribution in [1.82, 2.24) is 14.8 Å². The van der Waals surface area contributed by atoms with Crippen molar-refractivity contribution < 1.29 is 19.1 Å². The largest absolute Gasteiger partial charge is 0.457 e. The minimum absolute atomic E-state index is 0.0756. The molecule has 0 atom stereocenters. The molecule has 0 radical (unpaired) electrons. The lowest BCUT2D eigenvalue weighted by Crippen LogP contribution is -2.21. The van der Waals surface area contributed by atoms with E-state index in [0.717, 1.165) is 47.0 Å². The molecule has 43 heavy (non-hydrogen) atoms. The highest BCUT2D eigenvalue weighted by Gasteiger charge is 2.15. The Balaban J connectivity index is 1.36. The summed E-state index contributed by atoms with van der Waals surface area (Å²) in [5.41, 5.74) is 3.55. The van der Waals surface area contributed by atoms with Gasteiger partial charge in [-0.2, -0.15) is 5.10 Å². The second-order valence-electron chi connectivity index (χ2n) is 10.1. The second kappa shape index (κ2) is 13.6. The molecule has 3 N–H and O–H groups in total. The highest BCUT2D eigenvalue weighted by Crippen LogP contribution is 2.35. The van der Waals surface area contributed by atoms with Gasteiger partial charge in [-0.05, 0) is 50.1 Å². The molecule has 3 amide bonds. The van der Waals surface area contributed by atoms with E-state index in [1.807, 2.05) is 61.5 Å². The zero-order valence-electron chi connectivity index (χ0n) is 24.4. The summed E-state index contributed by atoms with van der Waals surface area (Å²) in [6, 6.07) is 24.1. The smallest absolute Gasteiger partial charge is 0.324 e. The fourth-order valence-electron chi connectivity index (χ4n) is 4.60. The number of rotatable bonds is 11. The van der Waals surface area contributed by atoms with Gasteiger partial charge in [0.2, 0.25) is 0 Å². The van der Waals surface area contributed by atoms with Crippen molar-refractivity contribution in [3.8, 4) is 17.2 Å². The van der Waals surface area contributed by atoms with Gasteiger partial charge in [-0.1, -0.05) is 55.3 Å². The normalized spacial score (nSPS) is 10.9. The third-order valence-electron chi connectivity index (χ3n) is 6.70. The Morgan fingerprint density at radius 1 is 0.907 bits per heavy atom. The third-order valence-corrected chi connectivity index (χ3v) is 6.70. The SMILES string of the molecule is CCCCc1cc(NC(=O)Nc2ccc(Oc3ccnc(NC(=O)COC)c3)c3ccccc23)n(-c2ccc(C)cc2)n1. The molecule has 3 aromatic carbocycles. The molecule has 0 aliphatic heterocycles. The van der Waals surface area contributed by atoms with Crippen LogP contribution in [0.5, 0.6) is 11.5 Å². The summed E-state index contributed by atoms with van der Waals surface area (Å²) in [5, 5.41) is 15.0. The number of nitrogens with zero attached hydrogens (tertiary/aromatic N) is 3. The number of aryl methyl sites for hydroxylation is 2. The maximum atomic E-state index is 13.3. The van der Waals surface area contributed by atoms with E-state index in [2.05, 4.69) is 27.9 Å². The van der Waals surface area contributed by atoms with Crippen LogP contribution in [0.2, 0.25) is 0 Å². The Kier molecular flexibility index (Phi) is 9.28.